The maximum absolute atomic E-state index is 13.8. The van der Waals surface area contributed by atoms with E-state index in [-0.39, 0.29) is 5.82 Å². The summed E-state index contributed by atoms with van der Waals surface area (Å²) in [6.45, 7) is 3.71. The van der Waals surface area contributed by atoms with Crippen molar-refractivity contribution in [2.45, 2.75) is 45.6 Å². The van der Waals surface area contributed by atoms with E-state index in [2.05, 4.69) is 39.3 Å². The van der Waals surface area contributed by atoms with E-state index < -0.39 is 6.08 Å². The average molecular weight is 368 g/mol. The van der Waals surface area contributed by atoms with E-state index in [1.54, 1.807) is 0 Å². The second-order valence-electron chi connectivity index (χ2n) is 7.26. The van der Waals surface area contributed by atoms with Gasteiger partial charge in [0.15, 0.2) is 17.0 Å². The van der Waals surface area contributed by atoms with Crippen LogP contribution < -0.4 is 11.1 Å². The molecule has 0 bridgehead atoms. The molecular weight excluding hydrogens is 343 g/mol. The highest BCUT2D eigenvalue weighted by molar-refractivity contribution is 5.82. The van der Waals surface area contributed by atoms with Crippen molar-refractivity contribution in [3.05, 3.63) is 46.3 Å². The number of nitrogens with zero attached hydrogens (tertiary/aromatic N) is 4. The number of rotatable bonds is 6. The Labute approximate surface area is 158 Å². The first-order chi connectivity index (χ1) is 13.1. The predicted octanol–water partition coefficient (Wildman–Crippen LogP) is 2.55. The Morgan fingerprint density at radius 3 is 2.74 bits per heavy atom. The fourth-order valence-corrected chi connectivity index (χ4v) is 3.98. The first kappa shape index (κ1) is 17.9. The highest BCUT2D eigenvalue weighted by atomic mass is 19.1. The van der Waals surface area contributed by atoms with Gasteiger partial charge >= 0.3 is 6.08 Å². The van der Waals surface area contributed by atoms with Gasteiger partial charge < -0.3 is 15.6 Å². The van der Waals surface area contributed by atoms with Crippen molar-refractivity contribution in [2.24, 2.45) is 0 Å². The number of hydrogen-bond donors (Lipinski definition) is 2. The number of hydrogen-bond acceptors (Lipinski definition) is 5. The normalized spacial score (nSPS) is 13.4. The van der Waals surface area contributed by atoms with Crippen molar-refractivity contribution in [3.63, 3.8) is 0 Å². The molecule has 3 aromatic rings. The number of fused-ring (bicyclic) bond motifs is 2. The molecule has 142 valence electrons. The summed E-state index contributed by atoms with van der Waals surface area (Å²) >= 11 is 0. The maximum Gasteiger partial charge on any atom is 0.312 e. The van der Waals surface area contributed by atoms with Crippen LogP contribution in [0, 0.1) is 13.0 Å². The molecule has 0 radical (unpaired) electrons. The van der Waals surface area contributed by atoms with E-state index in [1.807, 2.05) is 11.6 Å². The van der Waals surface area contributed by atoms with E-state index in [4.69, 9.17) is 5.73 Å². The minimum absolute atomic E-state index is 0.0943. The van der Waals surface area contributed by atoms with Crippen molar-refractivity contribution in [1.82, 2.24) is 24.8 Å². The third-order valence-corrected chi connectivity index (χ3v) is 5.38. The molecule has 0 aliphatic heterocycles. The number of benzene rings is 1. The quantitative estimate of drug-likeness (QED) is 0.516. The third kappa shape index (κ3) is 3.39. The summed E-state index contributed by atoms with van der Waals surface area (Å²) < 4.78 is 15.7. The molecular formula is C20H25FN6. The predicted molar refractivity (Wildman–Crippen MR) is 104 cm³/mol. The molecule has 4 rings (SSSR count). The number of halogens is 1. The third-order valence-electron chi connectivity index (χ3n) is 5.38. The molecule has 2 aromatic heterocycles. The lowest BCUT2D eigenvalue weighted by Crippen LogP contribution is -2.13. The Balaban J connectivity index is 1.76. The van der Waals surface area contributed by atoms with Crippen molar-refractivity contribution >= 4 is 17.0 Å². The molecule has 0 spiro atoms. The molecule has 27 heavy (non-hydrogen) atoms. The van der Waals surface area contributed by atoms with Crippen LogP contribution in [0.1, 0.15) is 40.9 Å². The van der Waals surface area contributed by atoms with Gasteiger partial charge in [-0.1, -0.05) is 12.1 Å². The zero-order valence-corrected chi connectivity index (χ0v) is 15.8. The van der Waals surface area contributed by atoms with Crippen LogP contribution in [0.5, 0.6) is 0 Å². The first-order valence-corrected chi connectivity index (χ1v) is 9.51. The zero-order chi connectivity index (χ0) is 19.0. The monoisotopic (exact) mass is 368 g/mol. The Kier molecular flexibility index (Phi) is 4.78. The molecule has 0 unspecified atom stereocenters. The summed E-state index contributed by atoms with van der Waals surface area (Å²) in [5.74, 6) is 0.950. The highest BCUT2D eigenvalue weighted by Crippen LogP contribution is 2.28. The van der Waals surface area contributed by atoms with E-state index in [0.29, 0.717) is 24.1 Å². The smallest absolute Gasteiger partial charge is 0.312 e. The number of nitrogens with two attached hydrogens (primary N) is 1. The minimum Gasteiger partial charge on any atom is -0.382 e. The lowest BCUT2D eigenvalue weighted by Gasteiger charge is -2.12. The van der Waals surface area contributed by atoms with Crippen LogP contribution in [-0.2, 0) is 25.8 Å². The van der Waals surface area contributed by atoms with Crippen LogP contribution >= 0.6 is 0 Å². The largest absolute Gasteiger partial charge is 0.382 e. The molecule has 1 aromatic carbocycles. The van der Waals surface area contributed by atoms with Crippen LogP contribution in [-0.4, -0.2) is 33.1 Å². The molecule has 1 aliphatic carbocycles. The summed E-state index contributed by atoms with van der Waals surface area (Å²) in [6.07, 6.45) is 4.30. The fraction of sp³-hybridized carbons (Fsp3) is 0.450. The molecule has 0 amide bonds. The SMILES string of the molecule is CNCCCn1c(Cc2cc3c(cc2C)CCC3)nc2c(N)nc(F)nc21. The van der Waals surface area contributed by atoms with Crippen molar-refractivity contribution in [1.29, 1.82) is 0 Å². The molecule has 6 nitrogen and oxygen atoms in total. The Morgan fingerprint density at radius 1 is 1.19 bits per heavy atom. The summed E-state index contributed by atoms with van der Waals surface area (Å²) in [7, 11) is 1.92. The average Bonchev–Trinajstić information content (AvgIpc) is 3.20. The Bertz CT molecular complexity index is 994. The topological polar surface area (TPSA) is 81.7 Å². The number of nitrogen functional groups attached to an aromatic ring is 1. The van der Waals surface area contributed by atoms with Crippen molar-refractivity contribution in [2.75, 3.05) is 19.3 Å². The van der Waals surface area contributed by atoms with Crippen molar-refractivity contribution in [3.8, 4) is 0 Å². The number of aromatic nitrogens is 4. The van der Waals surface area contributed by atoms with Crippen LogP contribution in [0.2, 0.25) is 0 Å². The molecule has 1 aliphatic rings. The maximum atomic E-state index is 13.8. The first-order valence-electron chi connectivity index (χ1n) is 9.51. The number of aryl methyl sites for hydroxylation is 4. The fourth-order valence-electron chi connectivity index (χ4n) is 3.98. The van der Waals surface area contributed by atoms with Gasteiger partial charge in [-0.3, -0.25) is 0 Å². The zero-order valence-electron chi connectivity index (χ0n) is 15.8. The van der Waals surface area contributed by atoms with Gasteiger partial charge in [-0.05, 0) is 68.5 Å². The van der Waals surface area contributed by atoms with Gasteiger partial charge in [-0.15, -0.1) is 0 Å². The molecule has 0 saturated heterocycles. The number of anilines is 1. The summed E-state index contributed by atoms with van der Waals surface area (Å²) in [4.78, 5) is 12.3. The van der Waals surface area contributed by atoms with Crippen LogP contribution in [0.4, 0.5) is 10.2 Å². The number of imidazole rings is 1. The van der Waals surface area contributed by atoms with Gasteiger partial charge in [0.1, 0.15) is 5.82 Å². The van der Waals surface area contributed by atoms with Crippen LogP contribution in [0.25, 0.3) is 11.2 Å². The Hall–Kier alpha value is -2.54. The Morgan fingerprint density at radius 2 is 1.96 bits per heavy atom. The second kappa shape index (κ2) is 7.23. The number of nitrogens with one attached hydrogen (secondary N) is 1. The van der Waals surface area contributed by atoms with Gasteiger partial charge in [-0.25, -0.2) is 4.98 Å². The van der Waals surface area contributed by atoms with Gasteiger partial charge in [0, 0.05) is 13.0 Å². The lowest BCUT2D eigenvalue weighted by molar-refractivity contribution is 0.539. The molecule has 7 heteroatoms. The standard InChI is InChI=1S/C20H25FN6/c1-12-9-13-5-3-6-14(13)10-15(12)11-16-24-17-18(22)25-20(21)26-19(17)27(16)8-4-7-23-2/h9-10,23H,3-8,11H2,1-2H3,(H2,22,25,26). The highest BCUT2D eigenvalue weighted by Gasteiger charge is 2.19. The van der Waals surface area contributed by atoms with E-state index in [1.165, 1.54) is 35.1 Å². The van der Waals surface area contributed by atoms with Gasteiger partial charge in [0.25, 0.3) is 0 Å². The summed E-state index contributed by atoms with van der Waals surface area (Å²) in [5.41, 5.74) is 12.3. The van der Waals surface area contributed by atoms with Gasteiger partial charge in [0.05, 0.1) is 0 Å². The minimum atomic E-state index is -0.810. The molecule has 0 fully saturated rings. The van der Waals surface area contributed by atoms with Crippen molar-refractivity contribution < 1.29 is 4.39 Å². The molecule has 0 atom stereocenters. The van der Waals surface area contributed by atoms with E-state index in [0.717, 1.165) is 25.2 Å². The van der Waals surface area contributed by atoms with Crippen LogP contribution in [0.15, 0.2) is 12.1 Å². The van der Waals surface area contributed by atoms with Crippen LogP contribution in [0.3, 0.4) is 0 Å². The van der Waals surface area contributed by atoms with E-state index in [9.17, 15) is 4.39 Å². The van der Waals surface area contributed by atoms with Gasteiger partial charge in [-0.2, -0.15) is 14.4 Å². The molecule has 0 saturated carbocycles. The second-order valence-corrected chi connectivity index (χ2v) is 7.26. The summed E-state index contributed by atoms with van der Waals surface area (Å²) in [6, 6.07) is 4.62. The van der Waals surface area contributed by atoms with E-state index >= 15 is 0 Å². The molecule has 2 heterocycles. The molecule has 3 N–H and O–H groups in total. The summed E-state index contributed by atoms with van der Waals surface area (Å²) in [5, 5.41) is 3.14. The van der Waals surface area contributed by atoms with Gasteiger partial charge in [0.2, 0.25) is 0 Å². The lowest BCUT2D eigenvalue weighted by atomic mass is 9.98.